The maximum Gasteiger partial charge on any atom is 0.335 e. The lowest BCUT2D eigenvalue weighted by Gasteiger charge is -2.06. The summed E-state index contributed by atoms with van der Waals surface area (Å²) < 4.78 is 1.62. The van der Waals surface area contributed by atoms with Gasteiger partial charge >= 0.3 is 5.97 Å². The predicted molar refractivity (Wildman–Crippen MR) is 86.3 cm³/mol. The van der Waals surface area contributed by atoms with Crippen LogP contribution in [-0.2, 0) is 0 Å². The van der Waals surface area contributed by atoms with Gasteiger partial charge in [-0.2, -0.15) is 0 Å². The molecule has 0 fully saturated rings. The summed E-state index contributed by atoms with van der Waals surface area (Å²) in [4.78, 5) is 27.7. The lowest BCUT2D eigenvalue weighted by Crippen LogP contribution is -2.15. The number of carboxylic acid groups (broad SMARTS) is 1. The lowest BCUT2D eigenvalue weighted by molar-refractivity contribution is 0.0696. The van der Waals surface area contributed by atoms with E-state index in [2.05, 4.69) is 10.3 Å². The van der Waals surface area contributed by atoms with E-state index in [1.54, 1.807) is 29.7 Å². The maximum atomic E-state index is 12.5. The summed E-state index contributed by atoms with van der Waals surface area (Å²) in [5, 5.41) is 12.1. The number of halogens is 1. The maximum absolute atomic E-state index is 12.5. The van der Waals surface area contributed by atoms with E-state index in [9.17, 15) is 9.59 Å². The first-order valence-corrected chi connectivity index (χ1v) is 7.12. The molecule has 0 aliphatic rings. The highest BCUT2D eigenvalue weighted by Crippen LogP contribution is 2.18. The molecular formula is C16H12ClN3O3. The van der Waals surface area contributed by atoms with Gasteiger partial charge in [0.15, 0.2) is 0 Å². The van der Waals surface area contributed by atoms with Crippen molar-refractivity contribution in [2.45, 2.75) is 6.92 Å². The highest BCUT2D eigenvalue weighted by molar-refractivity contribution is 6.30. The second kappa shape index (κ2) is 5.73. The van der Waals surface area contributed by atoms with Crippen molar-refractivity contribution in [3.05, 3.63) is 64.6 Å². The van der Waals surface area contributed by atoms with Crippen LogP contribution in [0.4, 0.5) is 5.69 Å². The van der Waals surface area contributed by atoms with E-state index >= 15 is 0 Å². The molecule has 0 unspecified atom stereocenters. The standard InChI is InChI=1S/C16H12ClN3O3/c1-9-14(20-8-11(17)4-7-13(20)18-9)15(21)19-12-5-2-10(3-6-12)16(22)23/h2-8H,1H3,(H,19,21)(H,22,23). The fraction of sp³-hybridized carbons (Fsp3) is 0.0625. The molecule has 1 aromatic carbocycles. The van der Waals surface area contributed by atoms with Gasteiger partial charge in [-0.15, -0.1) is 0 Å². The number of hydrogen-bond donors (Lipinski definition) is 2. The summed E-state index contributed by atoms with van der Waals surface area (Å²) in [5.74, 6) is -1.37. The molecule has 7 heteroatoms. The molecule has 0 spiro atoms. The van der Waals surface area contributed by atoms with Gasteiger partial charge in [0.1, 0.15) is 11.3 Å². The molecule has 3 rings (SSSR count). The Hall–Kier alpha value is -2.86. The number of aryl methyl sites for hydroxylation is 1. The zero-order valence-corrected chi connectivity index (χ0v) is 12.8. The smallest absolute Gasteiger partial charge is 0.335 e. The van der Waals surface area contributed by atoms with E-state index in [1.807, 2.05) is 0 Å². The SMILES string of the molecule is Cc1nc2ccc(Cl)cn2c1C(=O)Nc1ccc(C(=O)O)cc1. The Labute approximate surface area is 136 Å². The van der Waals surface area contributed by atoms with Crippen molar-refractivity contribution in [3.8, 4) is 0 Å². The summed E-state index contributed by atoms with van der Waals surface area (Å²) >= 11 is 5.98. The Morgan fingerprint density at radius 1 is 1.17 bits per heavy atom. The summed E-state index contributed by atoms with van der Waals surface area (Å²) in [6, 6.07) is 9.36. The van der Waals surface area contributed by atoms with Gasteiger partial charge in [0.2, 0.25) is 0 Å². The van der Waals surface area contributed by atoms with Crippen molar-refractivity contribution >= 4 is 34.8 Å². The molecule has 6 nitrogen and oxygen atoms in total. The van der Waals surface area contributed by atoms with Crippen LogP contribution in [0.1, 0.15) is 26.5 Å². The minimum absolute atomic E-state index is 0.153. The quantitative estimate of drug-likeness (QED) is 0.772. The Bertz CT molecular complexity index is 916. The topological polar surface area (TPSA) is 83.7 Å². The van der Waals surface area contributed by atoms with Gasteiger partial charge in [-0.05, 0) is 43.3 Å². The number of anilines is 1. The first-order valence-electron chi connectivity index (χ1n) is 6.74. The zero-order chi connectivity index (χ0) is 16.6. The van der Waals surface area contributed by atoms with Crippen LogP contribution in [-0.4, -0.2) is 26.4 Å². The van der Waals surface area contributed by atoms with Crippen LogP contribution in [0.5, 0.6) is 0 Å². The van der Waals surface area contributed by atoms with Crippen LogP contribution < -0.4 is 5.32 Å². The summed E-state index contributed by atoms with van der Waals surface area (Å²) in [5.41, 5.74) is 2.23. The number of carbonyl (C=O) groups excluding carboxylic acids is 1. The van der Waals surface area contributed by atoms with E-state index in [0.717, 1.165) is 0 Å². The van der Waals surface area contributed by atoms with E-state index in [4.69, 9.17) is 16.7 Å². The molecular weight excluding hydrogens is 318 g/mol. The molecule has 0 bridgehead atoms. The number of aromatic nitrogens is 2. The average molecular weight is 330 g/mol. The number of carbonyl (C=O) groups is 2. The second-order valence-corrected chi connectivity index (χ2v) is 5.39. The summed E-state index contributed by atoms with van der Waals surface area (Å²) in [6.45, 7) is 1.74. The van der Waals surface area contributed by atoms with Crippen molar-refractivity contribution in [2.24, 2.45) is 0 Å². The van der Waals surface area contributed by atoms with Gasteiger partial charge in [0.25, 0.3) is 5.91 Å². The molecule has 0 saturated heterocycles. The largest absolute Gasteiger partial charge is 0.478 e. The number of carboxylic acids is 1. The van der Waals surface area contributed by atoms with Crippen molar-refractivity contribution in [1.82, 2.24) is 9.38 Å². The number of benzene rings is 1. The fourth-order valence-electron chi connectivity index (χ4n) is 2.30. The number of imidazole rings is 1. The molecule has 2 aromatic heterocycles. The first-order chi connectivity index (χ1) is 11.0. The monoisotopic (exact) mass is 329 g/mol. The predicted octanol–water partition coefficient (Wildman–Crippen LogP) is 3.25. The Kier molecular flexibility index (Phi) is 3.75. The molecule has 2 N–H and O–H groups in total. The van der Waals surface area contributed by atoms with Crippen LogP contribution >= 0.6 is 11.6 Å². The molecule has 1 amide bonds. The van der Waals surface area contributed by atoms with E-state index in [-0.39, 0.29) is 11.5 Å². The third-order valence-corrected chi connectivity index (χ3v) is 3.59. The number of hydrogen-bond acceptors (Lipinski definition) is 3. The van der Waals surface area contributed by atoms with Gasteiger partial charge in [-0.1, -0.05) is 11.6 Å². The lowest BCUT2D eigenvalue weighted by atomic mass is 10.2. The van der Waals surface area contributed by atoms with Crippen molar-refractivity contribution in [3.63, 3.8) is 0 Å². The molecule has 0 saturated carbocycles. The van der Waals surface area contributed by atoms with E-state index in [0.29, 0.717) is 27.7 Å². The van der Waals surface area contributed by atoms with Gasteiger partial charge in [-0.3, -0.25) is 9.20 Å². The number of amides is 1. The third-order valence-electron chi connectivity index (χ3n) is 3.36. The third kappa shape index (κ3) is 2.89. The molecule has 0 radical (unpaired) electrons. The van der Waals surface area contributed by atoms with Gasteiger partial charge in [0, 0.05) is 11.9 Å². The summed E-state index contributed by atoms with van der Waals surface area (Å²) in [7, 11) is 0. The van der Waals surface area contributed by atoms with Crippen molar-refractivity contribution in [1.29, 1.82) is 0 Å². The molecule has 23 heavy (non-hydrogen) atoms. The van der Waals surface area contributed by atoms with Gasteiger partial charge < -0.3 is 10.4 Å². The Balaban J connectivity index is 1.93. The number of nitrogens with zero attached hydrogens (tertiary/aromatic N) is 2. The fourth-order valence-corrected chi connectivity index (χ4v) is 2.46. The number of nitrogens with one attached hydrogen (secondary N) is 1. The van der Waals surface area contributed by atoms with E-state index < -0.39 is 5.97 Å². The highest BCUT2D eigenvalue weighted by Gasteiger charge is 2.17. The van der Waals surface area contributed by atoms with Gasteiger partial charge in [0.05, 0.1) is 16.3 Å². The molecule has 0 aliphatic heterocycles. The van der Waals surface area contributed by atoms with Crippen molar-refractivity contribution in [2.75, 3.05) is 5.32 Å². The molecule has 116 valence electrons. The Morgan fingerprint density at radius 2 is 1.87 bits per heavy atom. The van der Waals surface area contributed by atoms with E-state index in [1.165, 1.54) is 24.3 Å². The van der Waals surface area contributed by atoms with Crippen LogP contribution in [0.15, 0.2) is 42.6 Å². The number of fused-ring (bicyclic) bond motifs is 1. The number of rotatable bonds is 3. The number of pyridine rings is 1. The van der Waals surface area contributed by atoms with Crippen molar-refractivity contribution < 1.29 is 14.7 Å². The highest BCUT2D eigenvalue weighted by atomic mass is 35.5. The number of aromatic carboxylic acids is 1. The zero-order valence-electron chi connectivity index (χ0n) is 12.1. The molecule has 0 atom stereocenters. The molecule has 0 aliphatic carbocycles. The average Bonchev–Trinajstić information content (AvgIpc) is 2.83. The van der Waals surface area contributed by atoms with Crippen LogP contribution in [0, 0.1) is 6.92 Å². The minimum Gasteiger partial charge on any atom is -0.478 e. The summed E-state index contributed by atoms with van der Waals surface area (Å²) in [6.07, 6.45) is 1.62. The molecule has 3 aromatic rings. The second-order valence-electron chi connectivity index (χ2n) is 4.96. The normalized spacial score (nSPS) is 10.7. The van der Waals surface area contributed by atoms with Crippen LogP contribution in [0.2, 0.25) is 5.02 Å². The van der Waals surface area contributed by atoms with Crippen LogP contribution in [0.3, 0.4) is 0 Å². The minimum atomic E-state index is -1.02. The Morgan fingerprint density at radius 3 is 2.52 bits per heavy atom. The molecule has 2 heterocycles. The van der Waals surface area contributed by atoms with Gasteiger partial charge in [-0.25, -0.2) is 9.78 Å². The first kappa shape index (κ1) is 15.1. The van der Waals surface area contributed by atoms with Crippen LogP contribution in [0.25, 0.3) is 5.65 Å².